The molecule has 0 heterocycles. The van der Waals surface area contributed by atoms with Crippen LogP contribution >= 0.6 is 25.5 Å². The van der Waals surface area contributed by atoms with Crippen LogP contribution in [0.4, 0.5) is 0 Å². The summed E-state index contributed by atoms with van der Waals surface area (Å²) in [5.41, 5.74) is 2.97. The Hall–Kier alpha value is 1.31. The summed E-state index contributed by atoms with van der Waals surface area (Å²) in [6.45, 7) is 20.6. The number of rotatable bonds is 11. The topological polar surface area (TPSA) is 20.3 Å². The molecule has 140 valence electrons. The van der Waals surface area contributed by atoms with E-state index in [9.17, 15) is 4.79 Å². The molecule has 0 amide bonds. The zero-order valence-corrected chi connectivity index (χ0v) is 20.4. The van der Waals surface area contributed by atoms with Gasteiger partial charge in [-0.25, -0.2) is 0 Å². The number of nitrogens with zero attached hydrogens (tertiary/aromatic N) is 1. The van der Waals surface area contributed by atoms with Gasteiger partial charge in [-0.3, -0.25) is 0 Å². The fourth-order valence-electron chi connectivity index (χ4n) is 2.96. The summed E-state index contributed by atoms with van der Waals surface area (Å²) < 4.78 is 4.42. The molecule has 0 aliphatic heterocycles. The van der Waals surface area contributed by atoms with Crippen molar-refractivity contribution in [2.75, 3.05) is 25.4 Å². The predicted octanol–water partition coefficient (Wildman–Crippen LogP) is 5.64. The quantitative estimate of drug-likeness (QED) is 0.289. The molecule has 0 saturated heterocycles. The standard InChI is InChI=1S/C16H36NP2.CO.ClH.Ru/c1-13(2)18(14(3)4)11-9-17-10-12-19(15(5)6)16(7)8;1-2;;/h13-16H,9-12H2,1-8H3;;1H;/q-1;;;+2/p-1. The Bertz CT molecular complexity index is 345. The van der Waals surface area contributed by atoms with Crippen molar-refractivity contribution in [1.82, 2.24) is 3.64 Å². The van der Waals surface area contributed by atoms with Crippen molar-refractivity contribution >= 4 is 30.0 Å². The van der Waals surface area contributed by atoms with Gasteiger partial charge >= 0.3 is 157 Å². The molecule has 0 radical (unpaired) electrons. The third-order valence-electron chi connectivity index (χ3n) is 4.10. The van der Waals surface area contributed by atoms with Gasteiger partial charge in [-0.05, 0) is 0 Å². The summed E-state index contributed by atoms with van der Waals surface area (Å²) in [6, 6.07) is 0. The zero-order chi connectivity index (χ0) is 18.2. The zero-order valence-electron chi connectivity index (χ0n) is 16.1. The molecule has 6 heteroatoms. The van der Waals surface area contributed by atoms with Crippen LogP contribution in [0.2, 0.25) is 0 Å². The maximum absolute atomic E-state index is 11.1. The number of hydrogen-bond donors (Lipinski definition) is 0. The summed E-state index contributed by atoms with van der Waals surface area (Å²) >= 11 is -2.06. The van der Waals surface area contributed by atoms with E-state index in [0.29, 0.717) is 0 Å². The molecular formula is C17H36ClNOP2Ru. The fourth-order valence-corrected chi connectivity index (χ4v) is 11.0. The Balaban J connectivity index is 4.81. The van der Waals surface area contributed by atoms with Gasteiger partial charge in [0.15, 0.2) is 0 Å². The van der Waals surface area contributed by atoms with E-state index in [2.05, 4.69) is 63.5 Å². The van der Waals surface area contributed by atoms with Gasteiger partial charge in [0.25, 0.3) is 0 Å². The molecule has 0 aromatic heterocycles. The molecule has 23 heavy (non-hydrogen) atoms. The first-order valence-corrected chi connectivity index (χ1v) is 15.8. The van der Waals surface area contributed by atoms with E-state index in [-0.39, 0.29) is 15.8 Å². The van der Waals surface area contributed by atoms with E-state index < -0.39 is 14.7 Å². The normalized spacial score (nSPS) is 13.3. The molecule has 0 rings (SSSR count). The average molecular weight is 469 g/mol. The third-order valence-corrected chi connectivity index (χ3v) is 14.2. The van der Waals surface area contributed by atoms with E-state index in [1.807, 2.05) is 0 Å². The van der Waals surface area contributed by atoms with Crippen LogP contribution in [0, 0.1) is 0 Å². The molecule has 0 N–H and O–H groups in total. The van der Waals surface area contributed by atoms with Crippen molar-refractivity contribution in [1.29, 1.82) is 0 Å². The molecule has 0 saturated carbocycles. The Labute approximate surface area is 156 Å². The first-order valence-electron chi connectivity index (χ1n) is 8.59. The molecule has 0 unspecified atom stereocenters. The summed E-state index contributed by atoms with van der Waals surface area (Å²) in [4.78, 5) is 11.1. The SMILES string of the molecule is CC(C)P(CC[N](CCP(C(C)C)C(C)C)[Ru]([Cl])=[C]=O)C(C)C. The monoisotopic (exact) mass is 469 g/mol. The molecule has 0 aromatic carbocycles. The van der Waals surface area contributed by atoms with Gasteiger partial charge in [-0.2, -0.15) is 0 Å². The van der Waals surface area contributed by atoms with Gasteiger partial charge in [0, 0.05) is 0 Å². The maximum atomic E-state index is 11.1. The first kappa shape index (κ1) is 24.3. The third kappa shape index (κ3) is 9.54. The van der Waals surface area contributed by atoms with Crippen LogP contribution in [0.5, 0.6) is 0 Å². The van der Waals surface area contributed by atoms with E-state index in [0.717, 1.165) is 35.7 Å². The fraction of sp³-hybridized carbons (Fsp3) is 0.941. The second-order valence-electron chi connectivity index (χ2n) is 7.02. The average Bonchev–Trinajstić information content (AvgIpc) is 2.43. The second-order valence-corrected chi connectivity index (χ2v) is 18.1. The van der Waals surface area contributed by atoms with Crippen LogP contribution in [-0.4, -0.2) is 56.2 Å². The van der Waals surface area contributed by atoms with E-state index >= 15 is 0 Å². The molecule has 0 aliphatic carbocycles. The molecule has 0 atom stereocenters. The van der Waals surface area contributed by atoms with Gasteiger partial charge < -0.3 is 0 Å². The molecule has 0 spiro atoms. The Morgan fingerprint density at radius 2 is 1.13 bits per heavy atom. The van der Waals surface area contributed by atoms with Crippen LogP contribution in [0.3, 0.4) is 0 Å². The molecule has 2 nitrogen and oxygen atoms in total. The predicted molar refractivity (Wildman–Crippen MR) is 107 cm³/mol. The van der Waals surface area contributed by atoms with Gasteiger partial charge in [0.1, 0.15) is 0 Å². The van der Waals surface area contributed by atoms with Crippen molar-refractivity contribution in [2.45, 2.75) is 78.0 Å². The van der Waals surface area contributed by atoms with Crippen LogP contribution < -0.4 is 0 Å². The van der Waals surface area contributed by atoms with Crippen LogP contribution in [0.15, 0.2) is 0 Å². The van der Waals surface area contributed by atoms with Gasteiger partial charge in [-0.15, -0.1) is 0 Å². The second kappa shape index (κ2) is 12.6. The van der Waals surface area contributed by atoms with E-state index in [4.69, 9.17) is 9.69 Å². The Kier molecular flexibility index (Phi) is 13.4. The van der Waals surface area contributed by atoms with Crippen molar-refractivity contribution < 1.29 is 19.5 Å². The molecule has 0 aliphatic rings. The Morgan fingerprint density at radius 3 is 1.35 bits per heavy atom. The number of hydrogen-bond acceptors (Lipinski definition) is 2. The van der Waals surface area contributed by atoms with Crippen molar-refractivity contribution in [3.05, 3.63) is 0 Å². The van der Waals surface area contributed by atoms with Crippen LogP contribution in [0.1, 0.15) is 55.4 Å². The first-order chi connectivity index (χ1) is 10.6. The number of halogens is 1. The van der Waals surface area contributed by atoms with Crippen LogP contribution in [0.25, 0.3) is 0 Å². The van der Waals surface area contributed by atoms with Gasteiger partial charge in [0.05, 0.1) is 0 Å². The van der Waals surface area contributed by atoms with Gasteiger partial charge in [-0.1, -0.05) is 0 Å². The summed E-state index contributed by atoms with van der Waals surface area (Å²) in [5, 5.41) is 0. The minimum atomic E-state index is -2.06. The van der Waals surface area contributed by atoms with Crippen molar-refractivity contribution in [2.24, 2.45) is 0 Å². The summed E-state index contributed by atoms with van der Waals surface area (Å²) in [5.74, 6) is 0. The van der Waals surface area contributed by atoms with Crippen LogP contribution in [-0.2, 0) is 19.5 Å². The Morgan fingerprint density at radius 1 is 0.826 bits per heavy atom. The minimum absolute atomic E-state index is 0.00620. The summed E-state index contributed by atoms with van der Waals surface area (Å²) in [7, 11) is 6.39. The molecular weight excluding hydrogens is 433 g/mol. The number of carbonyl (C=O) groups excluding carboxylic acids is 1. The van der Waals surface area contributed by atoms with Crippen molar-refractivity contribution in [3.63, 3.8) is 0 Å². The van der Waals surface area contributed by atoms with Crippen molar-refractivity contribution in [3.8, 4) is 0 Å². The van der Waals surface area contributed by atoms with Gasteiger partial charge in [0.2, 0.25) is 0 Å². The molecule has 0 aromatic rings. The molecule has 0 bridgehead atoms. The van der Waals surface area contributed by atoms with E-state index in [1.54, 1.807) is 0 Å². The van der Waals surface area contributed by atoms with E-state index in [1.165, 1.54) is 12.3 Å². The molecule has 0 fully saturated rings. The summed E-state index contributed by atoms with van der Waals surface area (Å²) in [6.07, 6.45) is 2.40.